The number of aromatic nitrogens is 2. The van der Waals surface area contributed by atoms with Crippen LogP contribution in [0.5, 0.6) is 11.5 Å². The van der Waals surface area contributed by atoms with Gasteiger partial charge in [0.2, 0.25) is 5.91 Å². The van der Waals surface area contributed by atoms with Crippen molar-refractivity contribution in [3.63, 3.8) is 0 Å². The Morgan fingerprint density at radius 3 is 2.96 bits per heavy atom. The predicted octanol–water partition coefficient (Wildman–Crippen LogP) is 1.70. The molecule has 0 fully saturated rings. The van der Waals surface area contributed by atoms with Gasteiger partial charge in [0.1, 0.15) is 0 Å². The van der Waals surface area contributed by atoms with Crippen LogP contribution in [-0.2, 0) is 17.6 Å². The first kappa shape index (κ1) is 18.9. The standard InChI is InChI=1S/C20H25N3O4/c1-12-16(13(2)23-20(25)22-12)7-8-18(24)21-10-14-9-15-5-4-6-17(26-3)19(15)27-11-14/h4-6,14H,7-11H2,1-3H3,(H,21,24)(H,22,23,25). The molecule has 0 bridgehead atoms. The minimum absolute atomic E-state index is 0.0172. The van der Waals surface area contributed by atoms with E-state index < -0.39 is 0 Å². The van der Waals surface area contributed by atoms with Crippen molar-refractivity contribution in [3.8, 4) is 11.5 Å². The Bertz CT molecular complexity index is 865. The third-order valence-corrected chi connectivity index (χ3v) is 4.90. The molecule has 0 aliphatic carbocycles. The number of benzene rings is 1. The molecule has 3 rings (SSSR count). The van der Waals surface area contributed by atoms with Crippen molar-refractivity contribution >= 4 is 5.91 Å². The molecule has 0 radical (unpaired) electrons. The van der Waals surface area contributed by atoms with Crippen molar-refractivity contribution in [2.75, 3.05) is 20.3 Å². The number of hydrogen-bond donors (Lipinski definition) is 2. The number of rotatable bonds is 6. The number of fused-ring (bicyclic) bond motifs is 1. The number of aryl methyl sites for hydroxylation is 2. The van der Waals surface area contributed by atoms with Crippen LogP contribution >= 0.6 is 0 Å². The number of nitrogens with zero attached hydrogens (tertiary/aromatic N) is 1. The highest BCUT2D eigenvalue weighted by Gasteiger charge is 2.23. The molecule has 144 valence electrons. The van der Waals surface area contributed by atoms with Crippen molar-refractivity contribution < 1.29 is 14.3 Å². The summed E-state index contributed by atoms with van der Waals surface area (Å²) in [5, 5.41) is 2.99. The Hall–Kier alpha value is -2.83. The minimum atomic E-state index is -0.354. The zero-order valence-corrected chi connectivity index (χ0v) is 15.9. The fraction of sp³-hybridized carbons (Fsp3) is 0.450. The molecule has 0 saturated carbocycles. The van der Waals surface area contributed by atoms with E-state index in [4.69, 9.17) is 9.47 Å². The number of hydrogen-bond acceptors (Lipinski definition) is 5. The van der Waals surface area contributed by atoms with Crippen LogP contribution < -0.4 is 20.5 Å². The number of methoxy groups -OCH3 is 1. The number of para-hydroxylation sites is 1. The molecule has 2 N–H and O–H groups in total. The second-order valence-electron chi connectivity index (χ2n) is 6.86. The molecule has 2 aromatic rings. The third-order valence-electron chi connectivity index (χ3n) is 4.90. The fourth-order valence-corrected chi connectivity index (χ4v) is 3.46. The summed E-state index contributed by atoms with van der Waals surface area (Å²) in [7, 11) is 1.63. The normalized spacial score (nSPS) is 15.6. The van der Waals surface area contributed by atoms with Gasteiger partial charge in [0.25, 0.3) is 0 Å². The van der Waals surface area contributed by atoms with E-state index in [1.807, 2.05) is 25.1 Å². The predicted molar refractivity (Wildman–Crippen MR) is 101 cm³/mol. The number of carbonyl (C=O) groups is 1. The summed E-state index contributed by atoms with van der Waals surface area (Å²) in [6, 6.07) is 5.86. The molecule has 1 aliphatic rings. The maximum atomic E-state index is 12.2. The molecular weight excluding hydrogens is 346 g/mol. The van der Waals surface area contributed by atoms with E-state index in [-0.39, 0.29) is 17.5 Å². The van der Waals surface area contributed by atoms with E-state index in [0.29, 0.717) is 31.7 Å². The molecule has 1 atom stereocenters. The number of ether oxygens (including phenoxy) is 2. The van der Waals surface area contributed by atoms with Gasteiger partial charge in [0.15, 0.2) is 11.5 Å². The second kappa shape index (κ2) is 8.24. The average Bonchev–Trinajstić information content (AvgIpc) is 2.64. The summed E-state index contributed by atoms with van der Waals surface area (Å²) in [6.07, 6.45) is 1.75. The maximum absolute atomic E-state index is 12.2. The molecule has 1 aliphatic heterocycles. The Morgan fingerprint density at radius 1 is 1.41 bits per heavy atom. The summed E-state index contributed by atoms with van der Waals surface area (Å²) in [5.41, 5.74) is 3.12. The highest BCUT2D eigenvalue weighted by atomic mass is 16.5. The lowest BCUT2D eigenvalue weighted by Gasteiger charge is -2.26. The van der Waals surface area contributed by atoms with Gasteiger partial charge in [-0.3, -0.25) is 4.79 Å². The maximum Gasteiger partial charge on any atom is 0.345 e. The molecular formula is C20H25N3O4. The smallest absolute Gasteiger partial charge is 0.345 e. The van der Waals surface area contributed by atoms with Crippen molar-refractivity contribution in [1.82, 2.24) is 15.3 Å². The minimum Gasteiger partial charge on any atom is -0.493 e. The summed E-state index contributed by atoms with van der Waals surface area (Å²) < 4.78 is 11.2. The molecule has 0 saturated heterocycles. The molecule has 0 spiro atoms. The molecule has 1 amide bonds. The zero-order valence-electron chi connectivity index (χ0n) is 15.9. The third kappa shape index (κ3) is 4.48. The van der Waals surface area contributed by atoms with Crippen LogP contribution in [0.15, 0.2) is 23.0 Å². The lowest BCUT2D eigenvalue weighted by molar-refractivity contribution is -0.121. The lowest BCUT2D eigenvalue weighted by Crippen LogP contribution is -2.35. The van der Waals surface area contributed by atoms with Crippen molar-refractivity contribution in [3.05, 3.63) is 51.2 Å². The average molecular weight is 371 g/mol. The van der Waals surface area contributed by atoms with E-state index >= 15 is 0 Å². The lowest BCUT2D eigenvalue weighted by atomic mass is 9.96. The first-order valence-corrected chi connectivity index (χ1v) is 9.09. The Labute approximate surface area is 158 Å². The van der Waals surface area contributed by atoms with Gasteiger partial charge in [-0.05, 0) is 43.9 Å². The zero-order chi connectivity index (χ0) is 19.4. The van der Waals surface area contributed by atoms with Crippen LogP contribution in [0.25, 0.3) is 0 Å². The van der Waals surface area contributed by atoms with E-state index in [1.54, 1.807) is 14.0 Å². The van der Waals surface area contributed by atoms with Gasteiger partial charge in [-0.25, -0.2) is 4.79 Å². The number of H-pyrrole nitrogens is 1. The van der Waals surface area contributed by atoms with Gasteiger partial charge >= 0.3 is 5.69 Å². The van der Waals surface area contributed by atoms with Crippen LogP contribution in [-0.4, -0.2) is 36.1 Å². The number of nitrogens with one attached hydrogen (secondary N) is 2. The van der Waals surface area contributed by atoms with Gasteiger partial charge in [-0.2, -0.15) is 4.98 Å². The molecule has 27 heavy (non-hydrogen) atoms. The SMILES string of the molecule is COc1cccc2c1OCC(CNC(=O)CCc1c(C)nc(=O)[nH]c1C)C2. The first-order valence-electron chi connectivity index (χ1n) is 9.09. The second-order valence-corrected chi connectivity index (χ2v) is 6.86. The van der Waals surface area contributed by atoms with Gasteiger partial charge in [0.05, 0.1) is 13.7 Å². The van der Waals surface area contributed by atoms with E-state index in [9.17, 15) is 9.59 Å². The largest absolute Gasteiger partial charge is 0.493 e. The number of amides is 1. The van der Waals surface area contributed by atoms with Crippen LogP contribution in [0.2, 0.25) is 0 Å². The number of aromatic amines is 1. The molecule has 1 unspecified atom stereocenters. The van der Waals surface area contributed by atoms with Crippen molar-refractivity contribution in [2.24, 2.45) is 5.92 Å². The quantitative estimate of drug-likeness (QED) is 0.806. The summed E-state index contributed by atoms with van der Waals surface area (Å²) in [6.45, 7) is 4.74. The summed E-state index contributed by atoms with van der Waals surface area (Å²) >= 11 is 0. The van der Waals surface area contributed by atoms with Crippen LogP contribution in [0.1, 0.15) is 28.9 Å². The van der Waals surface area contributed by atoms with Crippen LogP contribution in [0, 0.1) is 19.8 Å². The Kier molecular flexibility index (Phi) is 5.78. The highest BCUT2D eigenvalue weighted by molar-refractivity contribution is 5.76. The van der Waals surface area contributed by atoms with Gasteiger partial charge in [-0.1, -0.05) is 12.1 Å². The van der Waals surface area contributed by atoms with Crippen LogP contribution in [0.3, 0.4) is 0 Å². The monoisotopic (exact) mass is 371 g/mol. The first-order chi connectivity index (χ1) is 13.0. The molecule has 7 nitrogen and oxygen atoms in total. The Morgan fingerprint density at radius 2 is 2.22 bits per heavy atom. The van der Waals surface area contributed by atoms with Gasteiger partial charge < -0.3 is 19.8 Å². The molecule has 1 aromatic heterocycles. The topological polar surface area (TPSA) is 93.3 Å². The summed E-state index contributed by atoms with van der Waals surface area (Å²) in [4.78, 5) is 30.1. The molecule has 1 aromatic carbocycles. The number of carbonyl (C=O) groups excluding carboxylic acids is 1. The van der Waals surface area contributed by atoms with E-state index in [1.165, 1.54) is 0 Å². The highest BCUT2D eigenvalue weighted by Crippen LogP contribution is 2.35. The van der Waals surface area contributed by atoms with Crippen LogP contribution in [0.4, 0.5) is 0 Å². The van der Waals surface area contributed by atoms with E-state index in [0.717, 1.165) is 34.7 Å². The summed E-state index contributed by atoms with van der Waals surface area (Å²) in [5.74, 6) is 1.76. The molecule has 2 heterocycles. The van der Waals surface area contributed by atoms with Gasteiger partial charge in [0, 0.05) is 30.3 Å². The van der Waals surface area contributed by atoms with E-state index in [2.05, 4.69) is 15.3 Å². The van der Waals surface area contributed by atoms with Gasteiger partial charge in [-0.15, -0.1) is 0 Å². The van der Waals surface area contributed by atoms with Crippen molar-refractivity contribution in [1.29, 1.82) is 0 Å². The Balaban J connectivity index is 1.51. The fourth-order valence-electron chi connectivity index (χ4n) is 3.46. The molecule has 7 heteroatoms. The van der Waals surface area contributed by atoms with Crippen molar-refractivity contribution in [2.45, 2.75) is 33.1 Å².